The first-order valence-corrected chi connectivity index (χ1v) is 8.60. The van der Waals surface area contributed by atoms with Crippen molar-refractivity contribution in [1.82, 2.24) is 14.9 Å². The topological polar surface area (TPSA) is 56.1 Å². The molecule has 1 atom stereocenters. The van der Waals surface area contributed by atoms with E-state index in [1.807, 2.05) is 32.0 Å². The quantitative estimate of drug-likeness (QED) is 0.701. The summed E-state index contributed by atoms with van der Waals surface area (Å²) in [5, 5.41) is 2.67. The van der Waals surface area contributed by atoms with Crippen LogP contribution < -0.4 is 10.1 Å². The fourth-order valence-corrected chi connectivity index (χ4v) is 3.09. The molecule has 0 saturated heterocycles. The molecule has 3 aromatic rings. The zero-order valence-electron chi connectivity index (χ0n) is 15.4. The molecule has 0 unspecified atom stereocenters. The van der Waals surface area contributed by atoms with Gasteiger partial charge in [-0.3, -0.25) is 9.36 Å². The predicted molar refractivity (Wildman–Crippen MR) is 99.0 cm³/mol. The second-order valence-corrected chi connectivity index (χ2v) is 6.51. The van der Waals surface area contributed by atoms with Crippen molar-refractivity contribution in [3.05, 3.63) is 59.4 Å². The first kappa shape index (κ1) is 18.8. The lowest BCUT2D eigenvalue weighted by Gasteiger charge is -2.16. The molecular weight excluding hydrogens is 352 g/mol. The van der Waals surface area contributed by atoms with E-state index < -0.39 is 18.5 Å². The summed E-state index contributed by atoms with van der Waals surface area (Å²) in [6, 6.07) is 11.6. The molecule has 1 amide bonds. The Morgan fingerprint density at radius 3 is 2.52 bits per heavy atom. The summed E-state index contributed by atoms with van der Waals surface area (Å²) < 4.78 is 33.4. The highest BCUT2D eigenvalue weighted by Crippen LogP contribution is 2.26. The molecule has 27 heavy (non-hydrogen) atoms. The number of nitrogens with one attached hydrogen (secondary N) is 1. The van der Waals surface area contributed by atoms with Crippen LogP contribution in [0.15, 0.2) is 42.5 Å². The number of para-hydroxylation sites is 2. The Balaban J connectivity index is 1.71. The van der Waals surface area contributed by atoms with Gasteiger partial charge in [0.05, 0.1) is 17.1 Å². The molecule has 0 aliphatic carbocycles. The van der Waals surface area contributed by atoms with Crippen LogP contribution in [0.2, 0.25) is 0 Å². The summed E-state index contributed by atoms with van der Waals surface area (Å²) in [5.41, 5.74) is 2.85. The van der Waals surface area contributed by atoms with E-state index in [9.17, 15) is 13.6 Å². The number of amides is 1. The fourth-order valence-electron chi connectivity index (χ4n) is 3.09. The van der Waals surface area contributed by atoms with Gasteiger partial charge in [-0.1, -0.05) is 18.2 Å². The second kappa shape index (κ2) is 7.73. The average Bonchev–Trinajstić information content (AvgIpc) is 2.99. The molecule has 0 bridgehead atoms. The van der Waals surface area contributed by atoms with E-state index in [0.717, 1.165) is 15.7 Å². The average molecular weight is 373 g/mol. The highest BCUT2D eigenvalue weighted by atomic mass is 19.3. The third kappa shape index (κ3) is 4.24. The van der Waals surface area contributed by atoms with Crippen LogP contribution in [0.1, 0.15) is 36.5 Å². The van der Waals surface area contributed by atoms with Crippen molar-refractivity contribution in [3.8, 4) is 5.75 Å². The Morgan fingerprint density at radius 2 is 1.85 bits per heavy atom. The van der Waals surface area contributed by atoms with E-state index in [4.69, 9.17) is 4.74 Å². The highest BCUT2D eigenvalue weighted by Gasteiger charge is 2.22. The number of imidazole rings is 1. The normalized spacial score (nSPS) is 12.4. The van der Waals surface area contributed by atoms with Crippen molar-refractivity contribution in [3.63, 3.8) is 0 Å². The minimum absolute atomic E-state index is 0.103. The molecule has 1 heterocycles. The molecule has 0 fully saturated rings. The van der Waals surface area contributed by atoms with Crippen LogP contribution in [0.25, 0.3) is 11.0 Å². The van der Waals surface area contributed by atoms with Crippen LogP contribution in [0.5, 0.6) is 5.75 Å². The summed E-state index contributed by atoms with van der Waals surface area (Å²) >= 11 is 0. The zero-order chi connectivity index (χ0) is 19.6. The number of carbonyl (C=O) groups is 1. The lowest BCUT2D eigenvalue weighted by molar-refractivity contribution is -0.123. The highest BCUT2D eigenvalue weighted by molar-refractivity contribution is 5.79. The number of fused-ring (bicyclic) bond motifs is 1. The van der Waals surface area contributed by atoms with Gasteiger partial charge in [-0.05, 0) is 56.2 Å². The fraction of sp³-hybridized carbons (Fsp3) is 0.300. The van der Waals surface area contributed by atoms with Crippen molar-refractivity contribution >= 4 is 16.9 Å². The number of carbonyl (C=O) groups excluding carboxylic acids is 1. The summed E-state index contributed by atoms with van der Waals surface area (Å²) in [4.78, 5) is 16.5. The molecule has 1 aromatic heterocycles. The zero-order valence-corrected chi connectivity index (χ0v) is 15.4. The first-order valence-electron chi connectivity index (χ1n) is 8.60. The smallest absolute Gasteiger partial charge is 0.320 e. The van der Waals surface area contributed by atoms with Gasteiger partial charge in [-0.15, -0.1) is 0 Å². The lowest BCUT2D eigenvalue weighted by atomic mass is 10.1. The summed E-state index contributed by atoms with van der Waals surface area (Å²) in [6.45, 7) is 2.54. The lowest BCUT2D eigenvalue weighted by Crippen LogP contribution is -2.32. The number of hydrogen-bond donors (Lipinski definition) is 1. The SMILES string of the molecule is Cc1cc(C)cc(OCC(=O)N[C@@H](C)c2nc3ccccc3n2C(F)F)c1. The van der Waals surface area contributed by atoms with Gasteiger partial charge in [0.25, 0.3) is 5.91 Å². The predicted octanol–water partition coefficient (Wildman–Crippen LogP) is 4.30. The second-order valence-electron chi connectivity index (χ2n) is 6.51. The van der Waals surface area contributed by atoms with Crippen LogP contribution in [0, 0.1) is 13.8 Å². The van der Waals surface area contributed by atoms with Crippen LogP contribution >= 0.6 is 0 Å². The van der Waals surface area contributed by atoms with E-state index in [2.05, 4.69) is 10.3 Å². The van der Waals surface area contributed by atoms with Crippen molar-refractivity contribution in [2.75, 3.05) is 6.61 Å². The molecule has 0 aliphatic rings. The Kier molecular flexibility index (Phi) is 5.39. The summed E-state index contributed by atoms with van der Waals surface area (Å²) in [5.74, 6) is 0.288. The first-order chi connectivity index (χ1) is 12.8. The maximum Gasteiger partial charge on any atom is 0.320 e. The number of aryl methyl sites for hydroxylation is 2. The summed E-state index contributed by atoms with van der Waals surface area (Å²) in [6.07, 6.45) is 0. The molecule has 1 N–H and O–H groups in total. The monoisotopic (exact) mass is 373 g/mol. The number of rotatable bonds is 6. The summed E-state index contributed by atoms with van der Waals surface area (Å²) in [7, 11) is 0. The molecule has 5 nitrogen and oxygen atoms in total. The third-order valence-electron chi connectivity index (χ3n) is 4.15. The van der Waals surface area contributed by atoms with Gasteiger partial charge in [0, 0.05) is 0 Å². The molecule has 2 aromatic carbocycles. The maximum absolute atomic E-state index is 13.5. The molecule has 0 saturated carbocycles. The van der Waals surface area contributed by atoms with E-state index >= 15 is 0 Å². The van der Waals surface area contributed by atoms with E-state index in [-0.39, 0.29) is 12.4 Å². The van der Waals surface area contributed by atoms with E-state index in [1.165, 1.54) is 0 Å². The van der Waals surface area contributed by atoms with Crippen molar-refractivity contribution in [2.24, 2.45) is 0 Å². The van der Waals surface area contributed by atoms with E-state index in [1.54, 1.807) is 31.2 Å². The molecule has 142 valence electrons. The molecule has 0 radical (unpaired) electrons. The Morgan fingerprint density at radius 1 is 1.19 bits per heavy atom. The maximum atomic E-state index is 13.5. The van der Waals surface area contributed by atoms with Gasteiger partial charge in [-0.2, -0.15) is 8.78 Å². The Hall–Kier alpha value is -2.96. The number of nitrogens with zero attached hydrogens (tertiary/aromatic N) is 2. The molecule has 7 heteroatoms. The van der Waals surface area contributed by atoms with Crippen LogP contribution in [0.4, 0.5) is 8.78 Å². The molecule has 0 spiro atoms. The van der Waals surface area contributed by atoms with Crippen LogP contribution in [-0.4, -0.2) is 22.1 Å². The van der Waals surface area contributed by atoms with Crippen molar-refractivity contribution in [2.45, 2.75) is 33.4 Å². The Labute approximate surface area is 156 Å². The van der Waals surface area contributed by atoms with Gasteiger partial charge in [0.1, 0.15) is 11.6 Å². The number of benzene rings is 2. The third-order valence-corrected chi connectivity index (χ3v) is 4.15. The number of ether oxygens (including phenoxy) is 1. The van der Waals surface area contributed by atoms with Gasteiger partial charge in [-0.25, -0.2) is 4.98 Å². The number of hydrogen-bond acceptors (Lipinski definition) is 3. The van der Waals surface area contributed by atoms with Crippen molar-refractivity contribution < 1.29 is 18.3 Å². The number of halogens is 2. The largest absolute Gasteiger partial charge is 0.484 e. The molecular formula is C20H21F2N3O2. The van der Waals surface area contributed by atoms with Gasteiger partial charge in [0.15, 0.2) is 6.61 Å². The number of aromatic nitrogens is 2. The standard InChI is InChI=1S/C20H21F2N3O2/c1-12-8-13(2)10-15(9-12)27-11-18(26)23-14(3)19-24-16-6-4-5-7-17(16)25(19)20(21)22/h4-10,14,20H,11H2,1-3H3,(H,23,26)/t14-/m0/s1. The van der Waals surface area contributed by atoms with Crippen LogP contribution in [0.3, 0.4) is 0 Å². The molecule has 3 rings (SSSR count). The van der Waals surface area contributed by atoms with Gasteiger partial charge >= 0.3 is 6.55 Å². The van der Waals surface area contributed by atoms with Crippen molar-refractivity contribution in [1.29, 1.82) is 0 Å². The minimum Gasteiger partial charge on any atom is -0.484 e. The van der Waals surface area contributed by atoms with Gasteiger partial charge in [0.2, 0.25) is 0 Å². The number of alkyl halides is 2. The molecule has 0 aliphatic heterocycles. The van der Waals surface area contributed by atoms with Gasteiger partial charge < -0.3 is 10.1 Å². The van der Waals surface area contributed by atoms with Crippen LogP contribution in [-0.2, 0) is 4.79 Å². The Bertz CT molecular complexity index is 949. The van der Waals surface area contributed by atoms with E-state index in [0.29, 0.717) is 16.8 Å². The minimum atomic E-state index is -2.75.